The number of unbranched alkanes of at least 4 members (excludes halogenated alkanes) is 12. The Morgan fingerprint density at radius 3 is 1.80 bits per heavy atom. The Labute approximate surface area is 418 Å². The minimum atomic E-state index is -1.49. The van der Waals surface area contributed by atoms with Crippen LogP contribution in [0.3, 0.4) is 0 Å². The number of nitrogens with two attached hydrogens (primary N) is 3. The number of aliphatic carboxylic acids is 1. The molecule has 2 aromatic carbocycles. The number of aliphatic imine (C=N–C) groups is 1. The van der Waals surface area contributed by atoms with Crippen LogP contribution < -0.4 is 54.6 Å². The Balaban J connectivity index is 2.01. The van der Waals surface area contributed by atoms with Gasteiger partial charge in [-0.3, -0.25) is 48.1 Å². The number of nitrogens with one attached hydrogen (secondary N) is 5. The minimum absolute atomic E-state index is 0.00646. The first kappa shape index (κ1) is 60.7. The van der Waals surface area contributed by atoms with Gasteiger partial charge in [0.15, 0.2) is 17.5 Å². The molecule has 0 unspecified atom stereocenters. The van der Waals surface area contributed by atoms with Gasteiger partial charge in [0.25, 0.3) is 10.9 Å². The standard InChI is InChI=1S/C52H81N9O10/c1-4-5-6-7-8-9-10-11-12-13-14-15-16-17-18-22-29-56-46-47(49(69)48(46)68)58-34-44(65)59-39(31-36-24-20-19-21-25-36)42(63)32-37(35(2)3)51(71)61-38(26-23-30-57-52(54)55)41(62)27-28-43(64)60-40(50(53)70)33-45(66)67/h12-13,19-21,24-25,35,37-40,56,58H,4-11,14-18,22-23,26-34H2,1-3H3,(H2,53,70)(H,59,65)(H,60,64)(H,61,71)(H,66,67)(H4,54,55,57)/b13-12-/t37-,38-,39+,40-/m0/s1. The third-order valence-corrected chi connectivity index (χ3v) is 12.2. The van der Waals surface area contributed by atoms with E-state index in [-0.39, 0.29) is 49.6 Å². The summed E-state index contributed by atoms with van der Waals surface area (Å²) < 4.78 is 0. The lowest BCUT2D eigenvalue weighted by molar-refractivity contribution is -0.140. The van der Waals surface area contributed by atoms with Crippen molar-refractivity contribution < 1.29 is 38.7 Å². The second kappa shape index (κ2) is 34.8. The number of hydrogen-bond donors (Lipinski definition) is 9. The Bertz CT molecular complexity index is 2110. The molecule has 0 aliphatic heterocycles. The van der Waals surface area contributed by atoms with E-state index in [9.17, 15) is 43.2 Å². The number of ketones is 2. The highest BCUT2D eigenvalue weighted by Crippen LogP contribution is 2.20. The van der Waals surface area contributed by atoms with Crippen molar-refractivity contribution in [1.29, 1.82) is 0 Å². The maximum Gasteiger partial charge on any atom is 0.305 e. The van der Waals surface area contributed by atoms with Crippen molar-refractivity contribution in [2.45, 2.75) is 174 Å². The van der Waals surface area contributed by atoms with Gasteiger partial charge in [-0.25, -0.2) is 0 Å². The van der Waals surface area contributed by atoms with Gasteiger partial charge in [-0.1, -0.05) is 121 Å². The molecule has 0 aliphatic rings. The number of allylic oxidation sites excluding steroid dienone is 2. The molecule has 0 heterocycles. The van der Waals surface area contributed by atoms with Gasteiger partial charge in [0, 0.05) is 38.3 Å². The summed E-state index contributed by atoms with van der Waals surface area (Å²) in [6.45, 7) is 5.89. The van der Waals surface area contributed by atoms with Crippen molar-refractivity contribution in [3.05, 3.63) is 68.5 Å². The molecule has 0 fully saturated rings. The predicted octanol–water partition coefficient (Wildman–Crippen LogP) is 4.44. The van der Waals surface area contributed by atoms with Crippen molar-refractivity contribution in [1.82, 2.24) is 16.0 Å². The molecule has 0 aromatic heterocycles. The number of amides is 4. The number of guanidine groups is 1. The first-order chi connectivity index (χ1) is 33.9. The van der Waals surface area contributed by atoms with Gasteiger partial charge in [0.2, 0.25) is 23.6 Å². The van der Waals surface area contributed by atoms with E-state index in [4.69, 9.17) is 22.3 Å². The number of anilines is 2. The first-order valence-electron chi connectivity index (χ1n) is 25.5. The van der Waals surface area contributed by atoms with E-state index in [1.165, 1.54) is 44.9 Å². The number of rotatable bonds is 41. The number of benzene rings is 1. The highest BCUT2D eigenvalue weighted by atomic mass is 16.4. The summed E-state index contributed by atoms with van der Waals surface area (Å²) in [6.07, 6.45) is 19.5. The summed E-state index contributed by atoms with van der Waals surface area (Å²) in [6, 6.07) is 5.20. The molecule has 0 bridgehead atoms. The Hall–Kier alpha value is -6.40. The Morgan fingerprint density at radius 1 is 0.648 bits per heavy atom. The number of carbonyl (C=O) groups is 7. The van der Waals surface area contributed by atoms with Crippen molar-refractivity contribution >= 4 is 58.5 Å². The van der Waals surface area contributed by atoms with Gasteiger partial charge in [-0.05, 0) is 62.8 Å². The van der Waals surface area contributed by atoms with Gasteiger partial charge in [0.1, 0.15) is 17.4 Å². The van der Waals surface area contributed by atoms with Crippen molar-refractivity contribution in [2.24, 2.45) is 34.0 Å². The van der Waals surface area contributed by atoms with Crippen molar-refractivity contribution in [3.63, 3.8) is 0 Å². The first-order valence-corrected chi connectivity index (χ1v) is 25.5. The maximum atomic E-state index is 14.1. The molecular formula is C52H81N9O10. The number of hydrogen-bond acceptors (Lipinski definition) is 12. The molecule has 394 valence electrons. The fourth-order valence-electron chi connectivity index (χ4n) is 7.99. The van der Waals surface area contributed by atoms with Crippen LogP contribution in [0.1, 0.15) is 155 Å². The SMILES string of the molecule is CCCCCCCCC/C=C\CCCCCCCNc1c(NCC(=O)N[C@H](Cc2ccccc2)C(=O)C[C@H](C(=O)N[C@@H](CCCN=C(N)N)C(=O)CCC(=O)N[C@@H](CC(=O)O)C(N)=O)C(C)C)c(=O)c1=O. The number of primary amides is 1. The second-order valence-electron chi connectivity index (χ2n) is 18.6. The fraction of sp³-hybridized carbons (Fsp3) is 0.615. The fourth-order valence-corrected chi connectivity index (χ4v) is 7.99. The largest absolute Gasteiger partial charge is 0.481 e. The average molecular weight is 992 g/mol. The lowest BCUT2D eigenvalue weighted by atomic mass is 9.86. The van der Waals surface area contributed by atoms with E-state index < -0.39 is 108 Å². The Morgan fingerprint density at radius 2 is 1.23 bits per heavy atom. The van der Waals surface area contributed by atoms with Gasteiger partial charge in [-0.2, -0.15) is 0 Å². The molecular weight excluding hydrogens is 911 g/mol. The number of Topliss-reactive ketones (excluding diaryl/α,β-unsaturated/α-hetero) is 2. The van der Waals surface area contributed by atoms with Gasteiger partial charge in [0.05, 0.1) is 25.0 Å². The summed E-state index contributed by atoms with van der Waals surface area (Å²) in [5.41, 5.74) is 15.5. The molecule has 4 atom stereocenters. The molecule has 12 N–H and O–H groups in total. The van der Waals surface area contributed by atoms with Gasteiger partial charge >= 0.3 is 5.97 Å². The topological polar surface area (TPSA) is 324 Å². The summed E-state index contributed by atoms with van der Waals surface area (Å²) in [5.74, 6) is -7.09. The number of carboxylic acids is 1. The lowest BCUT2D eigenvalue weighted by Crippen LogP contribution is -2.49. The number of nitrogens with zero attached hydrogens (tertiary/aromatic N) is 1. The van der Waals surface area contributed by atoms with Crippen LogP contribution in [0.15, 0.2) is 57.1 Å². The zero-order valence-electron chi connectivity index (χ0n) is 42.2. The predicted molar refractivity (Wildman–Crippen MR) is 277 cm³/mol. The van der Waals surface area contributed by atoms with E-state index in [1.54, 1.807) is 44.2 Å². The molecule has 0 aliphatic carbocycles. The summed E-state index contributed by atoms with van der Waals surface area (Å²) in [5, 5.41) is 22.5. The monoisotopic (exact) mass is 992 g/mol. The molecule has 0 saturated carbocycles. The van der Waals surface area contributed by atoms with Crippen LogP contribution in [0.5, 0.6) is 0 Å². The van der Waals surface area contributed by atoms with Crippen LogP contribution in [-0.4, -0.2) is 90.0 Å². The highest BCUT2D eigenvalue weighted by molar-refractivity contribution is 5.96. The summed E-state index contributed by atoms with van der Waals surface area (Å²) in [7, 11) is 0. The summed E-state index contributed by atoms with van der Waals surface area (Å²) >= 11 is 0. The molecule has 4 amide bonds. The molecule has 71 heavy (non-hydrogen) atoms. The normalized spacial score (nSPS) is 13.0. The van der Waals surface area contributed by atoms with Gasteiger partial charge < -0.3 is 48.9 Å². The average Bonchev–Trinajstić information content (AvgIpc) is 3.32. The third-order valence-electron chi connectivity index (χ3n) is 12.2. The number of carboxylic acid groups (broad SMARTS) is 1. The van der Waals surface area contributed by atoms with Crippen LogP contribution in [0.4, 0.5) is 11.4 Å². The van der Waals surface area contributed by atoms with Crippen LogP contribution in [0, 0.1) is 11.8 Å². The van der Waals surface area contributed by atoms with Gasteiger partial charge in [-0.15, -0.1) is 0 Å². The van der Waals surface area contributed by atoms with E-state index in [2.05, 4.69) is 50.7 Å². The zero-order chi connectivity index (χ0) is 52.6. The van der Waals surface area contributed by atoms with Crippen LogP contribution in [0.25, 0.3) is 0 Å². The third kappa shape index (κ3) is 25.3. The molecule has 2 rings (SSSR count). The zero-order valence-corrected chi connectivity index (χ0v) is 42.2. The van der Waals surface area contributed by atoms with Crippen molar-refractivity contribution in [3.8, 4) is 0 Å². The second-order valence-corrected chi connectivity index (χ2v) is 18.6. The molecule has 0 spiro atoms. The highest BCUT2D eigenvalue weighted by Gasteiger charge is 2.33. The molecule has 2 aromatic rings. The van der Waals surface area contributed by atoms with E-state index in [1.807, 2.05) is 0 Å². The molecule has 19 nitrogen and oxygen atoms in total. The Kier molecular flexibility index (Phi) is 29.8. The van der Waals surface area contributed by atoms with Crippen molar-refractivity contribution in [2.75, 3.05) is 30.3 Å². The molecule has 19 heteroatoms. The van der Waals surface area contributed by atoms with E-state index in [0.717, 1.165) is 50.5 Å². The lowest BCUT2D eigenvalue weighted by Gasteiger charge is -2.26. The van der Waals surface area contributed by atoms with E-state index >= 15 is 0 Å². The summed E-state index contributed by atoms with van der Waals surface area (Å²) in [4.78, 5) is 119. The smallest absolute Gasteiger partial charge is 0.305 e. The van der Waals surface area contributed by atoms with Crippen LogP contribution >= 0.6 is 0 Å². The van der Waals surface area contributed by atoms with E-state index in [0.29, 0.717) is 6.54 Å². The molecule has 0 saturated heterocycles. The van der Waals surface area contributed by atoms with Crippen LogP contribution in [0.2, 0.25) is 0 Å². The quantitative estimate of drug-likeness (QED) is 0.0146. The minimum Gasteiger partial charge on any atom is -0.481 e. The molecule has 0 radical (unpaired) electrons. The maximum absolute atomic E-state index is 14.1. The van der Waals surface area contributed by atoms with Crippen LogP contribution in [-0.2, 0) is 40.0 Å². The number of carbonyl (C=O) groups excluding carboxylic acids is 6.